The summed E-state index contributed by atoms with van der Waals surface area (Å²) in [6.07, 6.45) is 0. The van der Waals surface area contributed by atoms with E-state index in [9.17, 15) is 18.4 Å². The Morgan fingerprint density at radius 1 is 1.35 bits per heavy atom. The van der Waals surface area contributed by atoms with E-state index < -0.39 is 35.9 Å². The number of rotatable bonds is 6. The number of carboxylic acids is 1. The number of hydrogen-bond donors (Lipinski definition) is 2. The standard InChI is InChI=1S/C12H14F2N2O4/c1-20-6-5-16(7-10(17)18)12(19)15-11-8(13)3-2-4-9(11)14/h2-4H,5-7H2,1H3,(H,15,19)(H,17,18). The monoisotopic (exact) mass is 288 g/mol. The van der Waals surface area contributed by atoms with E-state index in [1.54, 1.807) is 0 Å². The van der Waals surface area contributed by atoms with Gasteiger partial charge in [0.05, 0.1) is 6.61 Å². The number of ether oxygens (including phenoxy) is 1. The predicted octanol–water partition coefficient (Wildman–Crippen LogP) is 1.53. The zero-order valence-electron chi connectivity index (χ0n) is 10.7. The summed E-state index contributed by atoms with van der Waals surface area (Å²) in [5, 5.41) is 10.7. The van der Waals surface area contributed by atoms with E-state index in [4.69, 9.17) is 9.84 Å². The van der Waals surface area contributed by atoms with Crippen molar-refractivity contribution in [3.8, 4) is 0 Å². The van der Waals surface area contributed by atoms with Gasteiger partial charge in [-0.2, -0.15) is 0 Å². The third-order valence-electron chi connectivity index (χ3n) is 2.37. The van der Waals surface area contributed by atoms with Gasteiger partial charge in [0, 0.05) is 13.7 Å². The molecule has 0 unspecified atom stereocenters. The van der Waals surface area contributed by atoms with Crippen LogP contribution in [0.25, 0.3) is 0 Å². The maximum Gasteiger partial charge on any atom is 0.323 e. The highest BCUT2D eigenvalue weighted by molar-refractivity contribution is 5.91. The Labute approximate surface area is 113 Å². The Balaban J connectivity index is 2.81. The highest BCUT2D eigenvalue weighted by atomic mass is 19.1. The van der Waals surface area contributed by atoms with Crippen molar-refractivity contribution in [3.63, 3.8) is 0 Å². The molecule has 0 atom stereocenters. The molecule has 0 bridgehead atoms. The fraction of sp³-hybridized carbons (Fsp3) is 0.333. The molecular formula is C12H14F2N2O4. The van der Waals surface area contributed by atoms with Crippen molar-refractivity contribution in [2.24, 2.45) is 0 Å². The van der Waals surface area contributed by atoms with Crippen LogP contribution in [0.5, 0.6) is 0 Å². The lowest BCUT2D eigenvalue weighted by molar-refractivity contribution is -0.137. The minimum atomic E-state index is -1.25. The lowest BCUT2D eigenvalue weighted by Crippen LogP contribution is -2.41. The molecule has 0 aliphatic carbocycles. The van der Waals surface area contributed by atoms with E-state index in [1.165, 1.54) is 7.11 Å². The summed E-state index contributed by atoms with van der Waals surface area (Å²) in [6, 6.07) is 2.19. The normalized spacial score (nSPS) is 10.2. The van der Waals surface area contributed by atoms with Crippen molar-refractivity contribution in [2.75, 3.05) is 32.1 Å². The molecule has 0 fully saturated rings. The van der Waals surface area contributed by atoms with Crippen LogP contribution in [-0.2, 0) is 9.53 Å². The van der Waals surface area contributed by atoms with Gasteiger partial charge < -0.3 is 20.1 Å². The van der Waals surface area contributed by atoms with Crippen molar-refractivity contribution in [1.82, 2.24) is 4.90 Å². The van der Waals surface area contributed by atoms with Gasteiger partial charge in [-0.3, -0.25) is 4.79 Å². The molecule has 1 aromatic carbocycles. The van der Waals surface area contributed by atoms with Crippen LogP contribution in [0.1, 0.15) is 0 Å². The predicted molar refractivity (Wildman–Crippen MR) is 66.5 cm³/mol. The Hall–Kier alpha value is -2.22. The number of carbonyl (C=O) groups excluding carboxylic acids is 1. The molecule has 0 aliphatic rings. The van der Waals surface area contributed by atoms with Crippen molar-refractivity contribution >= 4 is 17.7 Å². The van der Waals surface area contributed by atoms with E-state index in [-0.39, 0.29) is 13.2 Å². The first-order valence-electron chi connectivity index (χ1n) is 5.66. The summed E-state index contributed by atoms with van der Waals surface area (Å²) in [4.78, 5) is 23.3. The molecule has 2 amide bonds. The van der Waals surface area contributed by atoms with Gasteiger partial charge in [0.15, 0.2) is 0 Å². The SMILES string of the molecule is COCCN(CC(=O)O)C(=O)Nc1c(F)cccc1F. The lowest BCUT2D eigenvalue weighted by atomic mass is 10.3. The molecule has 110 valence electrons. The molecule has 1 rings (SSSR count). The van der Waals surface area contributed by atoms with Crippen molar-refractivity contribution in [1.29, 1.82) is 0 Å². The summed E-state index contributed by atoms with van der Waals surface area (Å²) in [5.74, 6) is -3.13. The number of carbonyl (C=O) groups is 2. The van der Waals surface area contributed by atoms with Crippen LogP contribution < -0.4 is 5.32 Å². The van der Waals surface area contributed by atoms with E-state index in [0.29, 0.717) is 0 Å². The Morgan fingerprint density at radius 2 is 1.95 bits per heavy atom. The Morgan fingerprint density at radius 3 is 2.45 bits per heavy atom. The molecule has 20 heavy (non-hydrogen) atoms. The summed E-state index contributed by atoms with van der Waals surface area (Å²) < 4.78 is 31.5. The largest absolute Gasteiger partial charge is 0.480 e. The molecule has 2 N–H and O–H groups in total. The van der Waals surface area contributed by atoms with E-state index in [0.717, 1.165) is 23.1 Å². The van der Waals surface area contributed by atoms with Crippen molar-refractivity contribution in [2.45, 2.75) is 0 Å². The summed E-state index contributed by atoms with van der Waals surface area (Å²) in [7, 11) is 1.38. The van der Waals surface area contributed by atoms with Crippen LogP contribution in [-0.4, -0.2) is 48.8 Å². The number of halogens is 2. The summed E-state index contributed by atoms with van der Waals surface area (Å²) in [5.41, 5.74) is -0.620. The van der Waals surface area contributed by atoms with Gasteiger partial charge in [0.2, 0.25) is 0 Å². The van der Waals surface area contributed by atoms with Gasteiger partial charge in [-0.25, -0.2) is 13.6 Å². The van der Waals surface area contributed by atoms with Crippen LogP contribution in [0.15, 0.2) is 18.2 Å². The first-order valence-corrected chi connectivity index (χ1v) is 5.66. The maximum atomic E-state index is 13.4. The van der Waals surface area contributed by atoms with E-state index in [1.807, 2.05) is 5.32 Å². The van der Waals surface area contributed by atoms with Crippen LogP contribution in [0, 0.1) is 11.6 Å². The van der Waals surface area contributed by atoms with Gasteiger partial charge in [0.25, 0.3) is 0 Å². The van der Waals surface area contributed by atoms with Crippen LogP contribution in [0.3, 0.4) is 0 Å². The lowest BCUT2D eigenvalue weighted by Gasteiger charge is -2.21. The number of amides is 2. The van der Waals surface area contributed by atoms with Crippen LogP contribution in [0.4, 0.5) is 19.3 Å². The van der Waals surface area contributed by atoms with E-state index >= 15 is 0 Å². The minimum Gasteiger partial charge on any atom is -0.480 e. The molecule has 0 spiro atoms. The number of nitrogens with one attached hydrogen (secondary N) is 1. The van der Waals surface area contributed by atoms with Gasteiger partial charge in [-0.15, -0.1) is 0 Å². The molecule has 0 aliphatic heterocycles. The zero-order chi connectivity index (χ0) is 15.1. The third-order valence-corrected chi connectivity index (χ3v) is 2.37. The molecule has 0 saturated carbocycles. The van der Waals surface area contributed by atoms with Crippen molar-refractivity contribution in [3.05, 3.63) is 29.8 Å². The molecule has 0 heterocycles. The topological polar surface area (TPSA) is 78.9 Å². The molecule has 1 aromatic rings. The van der Waals surface area contributed by atoms with Crippen molar-refractivity contribution < 1.29 is 28.2 Å². The zero-order valence-corrected chi connectivity index (χ0v) is 10.7. The smallest absolute Gasteiger partial charge is 0.323 e. The third kappa shape index (κ3) is 4.47. The number of nitrogens with zero attached hydrogens (tertiary/aromatic N) is 1. The fourth-order valence-electron chi connectivity index (χ4n) is 1.42. The van der Waals surface area contributed by atoms with Crippen LogP contribution in [0.2, 0.25) is 0 Å². The number of benzene rings is 1. The van der Waals surface area contributed by atoms with E-state index in [2.05, 4.69) is 0 Å². The molecule has 8 heteroatoms. The highest BCUT2D eigenvalue weighted by Crippen LogP contribution is 2.18. The second kappa shape index (κ2) is 7.39. The van der Waals surface area contributed by atoms with Gasteiger partial charge in [-0.1, -0.05) is 6.07 Å². The number of anilines is 1. The number of hydrogen-bond acceptors (Lipinski definition) is 3. The van der Waals surface area contributed by atoms with Crippen LogP contribution >= 0.6 is 0 Å². The first kappa shape index (κ1) is 15.8. The van der Waals surface area contributed by atoms with Gasteiger partial charge in [-0.05, 0) is 12.1 Å². The Bertz CT molecular complexity index is 476. The molecule has 0 saturated heterocycles. The quantitative estimate of drug-likeness (QED) is 0.832. The number of aliphatic carboxylic acids is 1. The number of carboxylic acid groups (broad SMARTS) is 1. The van der Waals surface area contributed by atoms with Gasteiger partial charge in [0.1, 0.15) is 23.9 Å². The highest BCUT2D eigenvalue weighted by Gasteiger charge is 2.19. The summed E-state index contributed by atoms with van der Waals surface area (Å²) in [6.45, 7) is -0.531. The second-order valence-corrected chi connectivity index (χ2v) is 3.83. The fourth-order valence-corrected chi connectivity index (χ4v) is 1.42. The molecule has 0 aromatic heterocycles. The van der Waals surface area contributed by atoms with Gasteiger partial charge >= 0.3 is 12.0 Å². The number of methoxy groups -OCH3 is 1. The average Bonchev–Trinajstić information content (AvgIpc) is 2.38. The number of para-hydroxylation sites is 1. The molecular weight excluding hydrogens is 274 g/mol. The molecule has 0 radical (unpaired) electrons. The number of urea groups is 1. The second-order valence-electron chi connectivity index (χ2n) is 3.83. The maximum absolute atomic E-state index is 13.4. The minimum absolute atomic E-state index is 0.0231. The first-order chi connectivity index (χ1) is 9.45. The Kier molecular flexibility index (Phi) is 5.85. The molecule has 6 nitrogen and oxygen atoms in total. The average molecular weight is 288 g/mol. The summed E-state index contributed by atoms with van der Waals surface area (Å²) >= 11 is 0.